The molecule has 21 heavy (non-hydrogen) atoms. The molecule has 0 aliphatic heterocycles. The normalized spacial score (nSPS) is 11.7. The first-order chi connectivity index (χ1) is 9.75. The Balaban J connectivity index is 2.71. The van der Waals surface area contributed by atoms with Crippen molar-refractivity contribution in [3.8, 4) is 16.9 Å². The highest BCUT2D eigenvalue weighted by atomic mass is 79.9. The highest BCUT2D eigenvalue weighted by molar-refractivity contribution is 9.10. The van der Waals surface area contributed by atoms with E-state index < -0.39 is 23.4 Å². The van der Waals surface area contributed by atoms with Gasteiger partial charge in [-0.15, -0.1) is 0 Å². The van der Waals surface area contributed by atoms with Crippen LogP contribution in [0.3, 0.4) is 0 Å². The van der Waals surface area contributed by atoms with Crippen molar-refractivity contribution in [3.63, 3.8) is 0 Å². The predicted octanol–water partition coefficient (Wildman–Crippen LogP) is 4.99. The lowest BCUT2D eigenvalue weighted by Crippen LogP contribution is -2.06. The Hall–Kier alpha value is -1.24. The number of hydrogen-bond acceptors (Lipinski definition) is 2. The lowest BCUT2D eigenvalue weighted by molar-refractivity contribution is -0.137. The summed E-state index contributed by atoms with van der Waals surface area (Å²) in [6.07, 6.45) is -4.60. The van der Waals surface area contributed by atoms with Crippen LogP contribution in [0.25, 0.3) is 11.1 Å². The highest BCUT2D eigenvalue weighted by Crippen LogP contribution is 2.42. The second-order valence-corrected chi connectivity index (χ2v) is 5.54. The van der Waals surface area contributed by atoms with E-state index in [1.807, 2.05) is 0 Å². The number of phenols is 1. The average Bonchev–Trinajstić information content (AvgIpc) is 2.41. The summed E-state index contributed by atoms with van der Waals surface area (Å²) in [5.41, 5.74) is -0.431. The minimum atomic E-state index is -4.60. The van der Waals surface area contributed by atoms with E-state index in [0.717, 1.165) is 12.1 Å². The Kier molecular flexibility index (Phi) is 4.51. The molecular weight excluding hydrogens is 373 g/mol. The molecule has 0 amide bonds. The monoisotopic (exact) mass is 380 g/mol. The molecule has 0 fully saturated rings. The second-order valence-electron chi connectivity index (χ2n) is 4.28. The first-order valence-electron chi connectivity index (χ1n) is 5.74. The van der Waals surface area contributed by atoms with Crippen molar-refractivity contribution in [1.29, 1.82) is 0 Å². The van der Waals surface area contributed by atoms with Crippen molar-refractivity contribution in [2.24, 2.45) is 0 Å². The molecule has 0 aromatic heterocycles. The predicted molar refractivity (Wildman–Crippen MR) is 77.2 cm³/mol. The van der Waals surface area contributed by atoms with Gasteiger partial charge >= 0.3 is 6.18 Å². The zero-order valence-corrected chi connectivity index (χ0v) is 12.7. The van der Waals surface area contributed by atoms with Gasteiger partial charge in [0.2, 0.25) is 0 Å². The van der Waals surface area contributed by atoms with Gasteiger partial charge in [-0.2, -0.15) is 13.2 Å². The largest absolute Gasteiger partial charge is 0.506 e. The van der Waals surface area contributed by atoms with Crippen LogP contribution in [0.2, 0.25) is 5.02 Å². The topological polar surface area (TPSA) is 40.5 Å². The van der Waals surface area contributed by atoms with Crippen molar-refractivity contribution >= 4 is 27.5 Å². The number of benzene rings is 2. The van der Waals surface area contributed by atoms with Crippen LogP contribution in [0.5, 0.6) is 5.75 Å². The highest BCUT2D eigenvalue weighted by Gasteiger charge is 2.33. The molecule has 0 atom stereocenters. The molecule has 0 aliphatic carbocycles. The van der Waals surface area contributed by atoms with E-state index in [9.17, 15) is 23.4 Å². The molecule has 0 bridgehead atoms. The summed E-state index contributed by atoms with van der Waals surface area (Å²) in [4.78, 5) is 0. The molecule has 112 valence electrons. The summed E-state index contributed by atoms with van der Waals surface area (Å²) < 4.78 is 39.0. The number of aromatic hydroxyl groups is 1. The summed E-state index contributed by atoms with van der Waals surface area (Å²) in [5.74, 6) is -0.239. The fourth-order valence-electron chi connectivity index (χ4n) is 1.96. The van der Waals surface area contributed by atoms with Crippen LogP contribution in [0.4, 0.5) is 13.2 Å². The van der Waals surface area contributed by atoms with E-state index in [1.54, 1.807) is 0 Å². The molecule has 0 heterocycles. The quantitative estimate of drug-likeness (QED) is 0.770. The standard InChI is InChI=1S/C14H9BrClF3O2/c15-10-3-1-8(6-20)12(13(10)21)7-2-4-11(16)9(5-7)14(17,18)19/h1-5,20-21H,6H2. The molecule has 2 aromatic rings. The summed E-state index contributed by atoms with van der Waals surface area (Å²) in [6.45, 7) is -0.417. The fraction of sp³-hybridized carbons (Fsp3) is 0.143. The van der Waals surface area contributed by atoms with Gasteiger partial charge in [-0.25, -0.2) is 0 Å². The second kappa shape index (κ2) is 5.87. The van der Waals surface area contributed by atoms with E-state index in [4.69, 9.17) is 11.6 Å². The maximum atomic E-state index is 12.9. The van der Waals surface area contributed by atoms with Gasteiger partial charge in [0.25, 0.3) is 0 Å². The van der Waals surface area contributed by atoms with E-state index in [1.165, 1.54) is 18.2 Å². The number of rotatable bonds is 2. The van der Waals surface area contributed by atoms with Crippen LogP contribution in [-0.2, 0) is 12.8 Å². The third-order valence-electron chi connectivity index (χ3n) is 2.95. The van der Waals surface area contributed by atoms with Gasteiger partial charge in [-0.05, 0) is 45.3 Å². The van der Waals surface area contributed by atoms with Crippen LogP contribution in [0.1, 0.15) is 11.1 Å². The minimum Gasteiger partial charge on any atom is -0.506 e. The molecule has 0 saturated heterocycles. The molecule has 0 spiro atoms. The molecule has 0 saturated carbocycles. The van der Waals surface area contributed by atoms with Crippen LogP contribution in [0.15, 0.2) is 34.8 Å². The Morgan fingerprint density at radius 2 is 1.81 bits per heavy atom. The van der Waals surface area contributed by atoms with Crippen LogP contribution in [-0.4, -0.2) is 10.2 Å². The molecule has 2 aromatic carbocycles. The maximum absolute atomic E-state index is 12.9. The van der Waals surface area contributed by atoms with Crippen LogP contribution in [0, 0.1) is 0 Å². The van der Waals surface area contributed by atoms with Crippen LogP contribution >= 0.6 is 27.5 Å². The SMILES string of the molecule is OCc1ccc(Br)c(O)c1-c1ccc(Cl)c(C(F)(F)F)c1. The van der Waals surface area contributed by atoms with Crippen molar-refractivity contribution in [2.45, 2.75) is 12.8 Å². The molecule has 2 rings (SSSR count). The van der Waals surface area contributed by atoms with Gasteiger partial charge in [0.05, 0.1) is 21.7 Å². The zero-order chi connectivity index (χ0) is 15.8. The number of alkyl halides is 3. The van der Waals surface area contributed by atoms with E-state index in [2.05, 4.69) is 15.9 Å². The lowest BCUT2D eigenvalue weighted by Gasteiger charge is -2.15. The van der Waals surface area contributed by atoms with Crippen molar-refractivity contribution in [3.05, 3.63) is 51.0 Å². The molecule has 0 aliphatic rings. The summed E-state index contributed by atoms with van der Waals surface area (Å²) in [5, 5.41) is 18.9. The first-order valence-corrected chi connectivity index (χ1v) is 6.91. The van der Waals surface area contributed by atoms with Gasteiger partial charge in [0.15, 0.2) is 0 Å². The smallest absolute Gasteiger partial charge is 0.417 e. The molecule has 0 unspecified atom stereocenters. The molecule has 0 radical (unpaired) electrons. The molecule has 7 heteroatoms. The van der Waals surface area contributed by atoms with Crippen LogP contribution < -0.4 is 0 Å². The van der Waals surface area contributed by atoms with Crippen molar-refractivity contribution in [1.82, 2.24) is 0 Å². The van der Waals surface area contributed by atoms with E-state index in [0.29, 0.717) is 10.0 Å². The third kappa shape index (κ3) is 3.17. The van der Waals surface area contributed by atoms with Gasteiger partial charge in [0.1, 0.15) is 5.75 Å². The Labute approximate surface area is 131 Å². The summed E-state index contributed by atoms with van der Waals surface area (Å²) in [6, 6.07) is 6.34. The van der Waals surface area contributed by atoms with Gasteiger partial charge in [-0.1, -0.05) is 23.7 Å². The number of hydrogen-bond donors (Lipinski definition) is 2. The Morgan fingerprint density at radius 1 is 1.14 bits per heavy atom. The number of aliphatic hydroxyl groups excluding tert-OH is 1. The summed E-state index contributed by atoms with van der Waals surface area (Å²) >= 11 is 8.67. The van der Waals surface area contributed by atoms with Gasteiger partial charge in [0, 0.05) is 5.56 Å². The number of halogens is 5. The molecule has 2 nitrogen and oxygen atoms in total. The lowest BCUT2D eigenvalue weighted by atomic mass is 9.97. The number of phenolic OH excluding ortho intramolecular Hbond substituents is 1. The van der Waals surface area contributed by atoms with Gasteiger partial charge < -0.3 is 10.2 Å². The zero-order valence-electron chi connectivity index (χ0n) is 10.4. The fourth-order valence-corrected chi connectivity index (χ4v) is 2.51. The summed E-state index contributed by atoms with van der Waals surface area (Å²) in [7, 11) is 0. The Bertz CT molecular complexity index is 687. The van der Waals surface area contributed by atoms with E-state index >= 15 is 0 Å². The van der Waals surface area contributed by atoms with Crippen molar-refractivity contribution < 1.29 is 23.4 Å². The Morgan fingerprint density at radius 3 is 2.38 bits per heavy atom. The van der Waals surface area contributed by atoms with E-state index in [-0.39, 0.29) is 16.9 Å². The molecular formula is C14H9BrClF3O2. The number of aliphatic hydroxyl groups is 1. The average molecular weight is 382 g/mol. The minimum absolute atomic E-state index is 0.120. The maximum Gasteiger partial charge on any atom is 0.417 e. The third-order valence-corrected chi connectivity index (χ3v) is 3.92. The van der Waals surface area contributed by atoms with Crippen molar-refractivity contribution in [2.75, 3.05) is 0 Å². The van der Waals surface area contributed by atoms with Gasteiger partial charge in [-0.3, -0.25) is 0 Å². The first kappa shape index (κ1) is 16.1. The molecule has 2 N–H and O–H groups in total.